The summed E-state index contributed by atoms with van der Waals surface area (Å²) < 4.78 is 6.65. The molecule has 0 amide bonds. The van der Waals surface area contributed by atoms with Crippen molar-refractivity contribution < 1.29 is 9.53 Å². The summed E-state index contributed by atoms with van der Waals surface area (Å²) in [6.45, 7) is 1.74. The molecule has 5 nitrogen and oxygen atoms in total. The molecule has 0 aliphatic heterocycles. The fourth-order valence-corrected chi connectivity index (χ4v) is 2.90. The summed E-state index contributed by atoms with van der Waals surface area (Å²) >= 11 is 6.09. The zero-order valence-electron chi connectivity index (χ0n) is 12.0. The largest absolute Gasteiger partial charge is 0.467 e. The number of ether oxygens (including phenoxy) is 1. The minimum atomic E-state index is -0.569. The van der Waals surface area contributed by atoms with Gasteiger partial charge >= 0.3 is 5.97 Å². The van der Waals surface area contributed by atoms with Crippen LogP contribution in [-0.2, 0) is 9.53 Å². The molecule has 1 atom stereocenters. The lowest BCUT2D eigenvalue weighted by atomic mass is 10.1. The van der Waals surface area contributed by atoms with Crippen molar-refractivity contribution in [3.63, 3.8) is 0 Å². The number of hydrogen-bond acceptors (Lipinski definition) is 4. The molecule has 2 heterocycles. The van der Waals surface area contributed by atoms with Crippen molar-refractivity contribution in [1.29, 1.82) is 5.26 Å². The summed E-state index contributed by atoms with van der Waals surface area (Å²) in [7, 11) is 1.34. The summed E-state index contributed by atoms with van der Waals surface area (Å²) in [6.07, 6.45) is 3.17. The Morgan fingerprint density at radius 1 is 1.41 bits per heavy atom. The highest BCUT2D eigenvalue weighted by Gasteiger charge is 2.23. The van der Waals surface area contributed by atoms with E-state index in [0.29, 0.717) is 16.1 Å². The van der Waals surface area contributed by atoms with E-state index >= 15 is 0 Å². The van der Waals surface area contributed by atoms with Gasteiger partial charge in [0, 0.05) is 28.2 Å². The van der Waals surface area contributed by atoms with Gasteiger partial charge in [0.25, 0.3) is 0 Å². The second-order valence-corrected chi connectivity index (χ2v) is 5.36. The summed E-state index contributed by atoms with van der Waals surface area (Å²) in [6, 6.07) is 6.95. The number of carbonyl (C=O) groups is 1. The van der Waals surface area contributed by atoms with E-state index in [1.165, 1.54) is 13.3 Å². The molecule has 0 radical (unpaired) electrons. The van der Waals surface area contributed by atoms with Gasteiger partial charge in [-0.2, -0.15) is 5.26 Å². The molecule has 1 aromatic carbocycles. The zero-order valence-corrected chi connectivity index (χ0v) is 12.8. The SMILES string of the molecule is COC(=O)C(C)n1c2ccc(Cl)cc2c2cncc(C#N)c21. The average molecular weight is 314 g/mol. The van der Waals surface area contributed by atoms with E-state index in [9.17, 15) is 10.1 Å². The maximum Gasteiger partial charge on any atom is 0.328 e. The number of methoxy groups -OCH3 is 1. The molecule has 0 saturated heterocycles. The van der Waals surface area contributed by atoms with Gasteiger partial charge in [0.2, 0.25) is 0 Å². The molecule has 2 aromatic heterocycles. The second-order valence-electron chi connectivity index (χ2n) is 4.93. The van der Waals surface area contributed by atoms with Gasteiger partial charge in [0.1, 0.15) is 12.1 Å². The van der Waals surface area contributed by atoms with E-state index in [4.69, 9.17) is 16.3 Å². The molecule has 0 N–H and O–H groups in total. The molecular formula is C16H12ClN3O2. The van der Waals surface area contributed by atoms with Gasteiger partial charge < -0.3 is 9.30 Å². The Labute approximate surface area is 131 Å². The Kier molecular flexibility index (Phi) is 3.47. The van der Waals surface area contributed by atoms with Crippen LogP contribution in [0.4, 0.5) is 0 Å². The number of rotatable bonds is 2. The Bertz CT molecular complexity index is 940. The number of halogens is 1. The third-order valence-electron chi connectivity index (χ3n) is 3.72. The maximum absolute atomic E-state index is 12.0. The van der Waals surface area contributed by atoms with Gasteiger partial charge in [0.05, 0.1) is 23.7 Å². The first-order chi connectivity index (χ1) is 10.6. The zero-order chi connectivity index (χ0) is 15.9. The van der Waals surface area contributed by atoms with Gasteiger partial charge in [0.15, 0.2) is 0 Å². The van der Waals surface area contributed by atoms with E-state index in [1.54, 1.807) is 23.8 Å². The third-order valence-corrected chi connectivity index (χ3v) is 3.95. The lowest BCUT2D eigenvalue weighted by Crippen LogP contribution is -2.17. The number of esters is 1. The molecule has 0 aliphatic rings. The second kappa shape index (κ2) is 5.32. The molecule has 22 heavy (non-hydrogen) atoms. The van der Waals surface area contributed by atoms with Gasteiger partial charge in [-0.05, 0) is 25.1 Å². The highest BCUT2D eigenvalue weighted by molar-refractivity contribution is 6.32. The molecular weight excluding hydrogens is 302 g/mol. The van der Waals surface area contributed by atoms with Crippen LogP contribution in [0, 0.1) is 11.3 Å². The Morgan fingerprint density at radius 2 is 2.18 bits per heavy atom. The predicted molar refractivity (Wildman–Crippen MR) is 83.7 cm³/mol. The van der Waals surface area contributed by atoms with Gasteiger partial charge in [-0.1, -0.05) is 11.6 Å². The number of fused-ring (bicyclic) bond motifs is 3. The lowest BCUT2D eigenvalue weighted by molar-refractivity contribution is -0.143. The van der Waals surface area contributed by atoms with E-state index < -0.39 is 6.04 Å². The van der Waals surface area contributed by atoms with Crippen LogP contribution in [0.5, 0.6) is 0 Å². The van der Waals surface area contributed by atoms with Crippen LogP contribution in [0.25, 0.3) is 21.8 Å². The van der Waals surface area contributed by atoms with Gasteiger partial charge in [-0.3, -0.25) is 4.98 Å². The minimum absolute atomic E-state index is 0.380. The average Bonchev–Trinajstić information content (AvgIpc) is 2.87. The molecule has 1 unspecified atom stereocenters. The van der Waals surface area contributed by atoms with E-state index in [1.807, 2.05) is 12.1 Å². The highest BCUT2D eigenvalue weighted by atomic mass is 35.5. The van der Waals surface area contributed by atoms with Crippen molar-refractivity contribution in [3.05, 3.63) is 41.2 Å². The summed E-state index contributed by atoms with van der Waals surface area (Å²) in [5.74, 6) is -0.380. The van der Waals surface area contributed by atoms with Gasteiger partial charge in [-0.15, -0.1) is 0 Å². The van der Waals surface area contributed by atoms with Crippen LogP contribution in [0.1, 0.15) is 18.5 Å². The minimum Gasteiger partial charge on any atom is -0.467 e. The number of pyridine rings is 1. The Balaban J connectivity index is 2.51. The number of hydrogen-bond donors (Lipinski definition) is 0. The molecule has 3 aromatic rings. The van der Waals surface area contributed by atoms with Crippen LogP contribution in [0.15, 0.2) is 30.6 Å². The van der Waals surface area contributed by atoms with Crippen molar-refractivity contribution >= 4 is 39.4 Å². The first-order valence-electron chi connectivity index (χ1n) is 6.63. The number of aromatic nitrogens is 2. The molecule has 0 saturated carbocycles. The normalized spacial score (nSPS) is 12.3. The van der Waals surface area contributed by atoms with Crippen molar-refractivity contribution in [1.82, 2.24) is 9.55 Å². The molecule has 0 spiro atoms. The van der Waals surface area contributed by atoms with Crippen molar-refractivity contribution in [2.75, 3.05) is 7.11 Å². The monoisotopic (exact) mass is 313 g/mol. The number of benzene rings is 1. The predicted octanol–water partition coefficient (Wildman–Crippen LogP) is 3.45. The molecule has 3 rings (SSSR count). The fourth-order valence-electron chi connectivity index (χ4n) is 2.72. The number of nitriles is 1. The van der Waals surface area contributed by atoms with Crippen LogP contribution < -0.4 is 0 Å². The smallest absolute Gasteiger partial charge is 0.328 e. The molecule has 0 aliphatic carbocycles. The summed E-state index contributed by atoms with van der Waals surface area (Å²) in [5, 5.41) is 11.6. The molecule has 0 fully saturated rings. The highest BCUT2D eigenvalue weighted by Crippen LogP contribution is 2.34. The summed E-state index contributed by atoms with van der Waals surface area (Å²) in [4.78, 5) is 16.1. The van der Waals surface area contributed by atoms with Crippen molar-refractivity contribution in [2.45, 2.75) is 13.0 Å². The number of nitrogens with zero attached hydrogens (tertiary/aromatic N) is 3. The first kappa shape index (κ1) is 14.4. The maximum atomic E-state index is 12.0. The molecule has 6 heteroatoms. The van der Waals surface area contributed by atoms with Crippen molar-refractivity contribution in [3.8, 4) is 6.07 Å². The van der Waals surface area contributed by atoms with E-state index in [2.05, 4.69) is 11.1 Å². The quantitative estimate of drug-likeness (QED) is 0.680. The van der Waals surface area contributed by atoms with Crippen molar-refractivity contribution in [2.24, 2.45) is 0 Å². The molecule has 110 valence electrons. The Hall–Kier alpha value is -2.58. The summed E-state index contributed by atoms with van der Waals surface area (Å²) in [5.41, 5.74) is 1.87. The van der Waals surface area contributed by atoms with Gasteiger partial charge in [-0.25, -0.2) is 4.79 Å². The Morgan fingerprint density at radius 3 is 2.86 bits per heavy atom. The topological polar surface area (TPSA) is 67.9 Å². The number of carbonyl (C=O) groups excluding carboxylic acids is 1. The standard InChI is InChI=1S/C16H12ClN3O2/c1-9(16(21)22-2)20-14-4-3-11(17)5-12(14)13-8-19-7-10(6-18)15(13)20/h3-5,7-9H,1-2H3. The van der Waals surface area contributed by atoms with Crippen LogP contribution in [0.2, 0.25) is 5.02 Å². The van der Waals surface area contributed by atoms with Crippen LogP contribution in [-0.4, -0.2) is 22.6 Å². The van der Waals surface area contributed by atoms with E-state index in [0.717, 1.165) is 16.3 Å². The molecule has 0 bridgehead atoms. The first-order valence-corrected chi connectivity index (χ1v) is 7.01. The lowest BCUT2D eigenvalue weighted by Gasteiger charge is -2.14. The third kappa shape index (κ3) is 2.00. The van der Waals surface area contributed by atoms with Crippen LogP contribution >= 0.6 is 11.6 Å². The fraction of sp³-hybridized carbons (Fsp3) is 0.188. The van der Waals surface area contributed by atoms with E-state index in [-0.39, 0.29) is 5.97 Å². The van der Waals surface area contributed by atoms with Crippen LogP contribution in [0.3, 0.4) is 0 Å².